The van der Waals surface area contributed by atoms with Crippen molar-refractivity contribution in [3.8, 4) is 17.3 Å². The molecule has 0 spiro atoms. The number of aliphatic carboxylic acids is 1. The lowest BCUT2D eigenvalue weighted by Gasteiger charge is -2.29. The van der Waals surface area contributed by atoms with E-state index >= 15 is 0 Å². The van der Waals surface area contributed by atoms with Crippen molar-refractivity contribution in [1.29, 1.82) is 0 Å². The summed E-state index contributed by atoms with van der Waals surface area (Å²) in [6.07, 6.45) is 2.50. The topological polar surface area (TPSA) is 92.6 Å². The summed E-state index contributed by atoms with van der Waals surface area (Å²) in [7, 11) is 1.49. The maximum Gasteiger partial charge on any atom is 0.326 e. The smallest absolute Gasteiger partial charge is 0.326 e. The number of halogens is 1. The van der Waals surface area contributed by atoms with Crippen LogP contribution in [0.4, 0.5) is 0 Å². The fourth-order valence-corrected chi connectivity index (χ4v) is 4.18. The number of nitrogens with zero attached hydrogens (tertiary/aromatic N) is 3. The molecule has 8 heteroatoms. The molecule has 1 fully saturated rings. The number of carbonyl (C=O) groups is 2. The molecule has 0 radical (unpaired) electrons. The predicted molar refractivity (Wildman–Crippen MR) is 115 cm³/mol. The summed E-state index contributed by atoms with van der Waals surface area (Å²) in [5.74, 6) is -1.37. The first-order valence-corrected chi connectivity index (χ1v) is 10.1. The zero-order valence-corrected chi connectivity index (χ0v) is 17.5. The molecule has 158 valence electrons. The highest BCUT2D eigenvalue weighted by atomic mass is 35.5. The van der Waals surface area contributed by atoms with E-state index in [0.717, 1.165) is 11.1 Å². The lowest BCUT2D eigenvalue weighted by Crippen LogP contribution is -2.41. The van der Waals surface area contributed by atoms with Crippen LogP contribution in [-0.4, -0.2) is 45.0 Å². The molecule has 1 aromatic heterocycles. The highest BCUT2D eigenvalue weighted by Gasteiger charge is 2.42. The molecule has 7 nitrogen and oxygen atoms in total. The van der Waals surface area contributed by atoms with Crippen LogP contribution in [0.2, 0.25) is 5.02 Å². The molecule has 1 aliphatic rings. The van der Waals surface area contributed by atoms with Gasteiger partial charge >= 0.3 is 12.0 Å². The standard InChI is InChI=1S/C23H20ClN3O4/c1-31-23-25-13-12-18(26-23)14-6-8-15(9-7-14)21(28)27-19(10-11-20(27)22(29)30)16-4-2-3-5-17(16)24/h2-9,12-13,19-20H,10-11H2,1H3,(H,29,30)/t19-,20+/m1/s1. The lowest BCUT2D eigenvalue weighted by atomic mass is 10.0. The van der Waals surface area contributed by atoms with Crippen molar-refractivity contribution < 1.29 is 19.4 Å². The summed E-state index contributed by atoms with van der Waals surface area (Å²) >= 11 is 6.35. The zero-order valence-electron chi connectivity index (χ0n) is 16.7. The number of carboxylic acid groups (broad SMARTS) is 1. The van der Waals surface area contributed by atoms with Gasteiger partial charge in [0.2, 0.25) is 0 Å². The minimum absolute atomic E-state index is 0.251. The number of ether oxygens (including phenoxy) is 1. The number of benzene rings is 2. The van der Waals surface area contributed by atoms with Gasteiger partial charge in [-0.05, 0) is 42.7 Å². The largest absolute Gasteiger partial charge is 0.480 e. The first kappa shape index (κ1) is 20.8. The quantitative estimate of drug-likeness (QED) is 0.641. The lowest BCUT2D eigenvalue weighted by molar-refractivity contribution is -0.141. The average Bonchev–Trinajstić information content (AvgIpc) is 3.24. The summed E-state index contributed by atoms with van der Waals surface area (Å²) in [4.78, 5) is 35.0. The van der Waals surface area contributed by atoms with Crippen molar-refractivity contribution >= 4 is 23.5 Å². The van der Waals surface area contributed by atoms with E-state index < -0.39 is 18.1 Å². The molecule has 1 aliphatic heterocycles. The number of carbonyl (C=O) groups excluding carboxylic acids is 1. The summed E-state index contributed by atoms with van der Waals surface area (Å²) in [5, 5.41) is 10.2. The number of rotatable bonds is 5. The van der Waals surface area contributed by atoms with E-state index in [2.05, 4.69) is 9.97 Å². The third-order valence-electron chi connectivity index (χ3n) is 5.41. The van der Waals surface area contributed by atoms with E-state index in [0.29, 0.717) is 29.1 Å². The molecule has 3 aromatic rings. The monoisotopic (exact) mass is 437 g/mol. The van der Waals surface area contributed by atoms with E-state index in [1.54, 1.807) is 42.6 Å². The number of hydrogen-bond donors (Lipinski definition) is 1. The Morgan fingerprint density at radius 1 is 1.10 bits per heavy atom. The fraction of sp³-hybridized carbons (Fsp3) is 0.217. The van der Waals surface area contributed by atoms with Crippen molar-refractivity contribution in [1.82, 2.24) is 14.9 Å². The Morgan fingerprint density at radius 3 is 2.52 bits per heavy atom. The van der Waals surface area contributed by atoms with Crippen LogP contribution < -0.4 is 4.74 Å². The molecule has 2 atom stereocenters. The summed E-state index contributed by atoms with van der Waals surface area (Å²) in [6, 6.07) is 14.8. The van der Waals surface area contributed by atoms with Gasteiger partial charge in [0, 0.05) is 22.3 Å². The molecule has 2 aromatic carbocycles. The van der Waals surface area contributed by atoms with Gasteiger partial charge in [0.15, 0.2) is 0 Å². The SMILES string of the molecule is COc1nccc(-c2ccc(C(=O)N3[C@@H](c4ccccc4Cl)CC[C@H]3C(=O)O)cc2)n1. The van der Waals surface area contributed by atoms with Gasteiger partial charge in [-0.2, -0.15) is 4.98 Å². The number of carboxylic acids is 1. The molecule has 0 saturated carbocycles. The molecule has 2 heterocycles. The Morgan fingerprint density at radius 2 is 1.84 bits per heavy atom. The molecule has 31 heavy (non-hydrogen) atoms. The van der Waals surface area contributed by atoms with Gasteiger partial charge in [-0.3, -0.25) is 4.79 Å². The van der Waals surface area contributed by atoms with Gasteiger partial charge in [0.25, 0.3) is 5.91 Å². The Hall–Kier alpha value is -3.45. The van der Waals surface area contributed by atoms with Crippen molar-refractivity contribution in [2.45, 2.75) is 24.9 Å². The molecule has 1 saturated heterocycles. The minimum atomic E-state index is -1.02. The van der Waals surface area contributed by atoms with Crippen LogP contribution in [-0.2, 0) is 4.79 Å². The highest BCUT2D eigenvalue weighted by molar-refractivity contribution is 6.31. The van der Waals surface area contributed by atoms with E-state index in [4.69, 9.17) is 16.3 Å². The van der Waals surface area contributed by atoms with Crippen LogP contribution >= 0.6 is 11.6 Å². The Bertz CT molecular complexity index is 1120. The van der Waals surface area contributed by atoms with Crippen molar-refractivity contribution in [2.75, 3.05) is 7.11 Å². The molecule has 1 N–H and O–H groups in total. The molecular weight excluding hydrogens is 418 g/mol. The molecular formula is C23H20ClN3O4. The summed E-state index contributed by atoms with van der Waals surface area (Å²) in [5.41, 5.74) is 2.60. The van der Waals surface area contributed by atoms with E-state index in [9.17, 15) is 14.7 Å². The number of likely N-dealkylation sites (tertiary alicyclic amines) is 1. The van der Waals surface area contributed by atoms with E-state index in [1.807, 2.05) is 18.2 Å². The van der Waals surface area contributed by atoms with Crippen LogP contribution in [0.1, 0.15) is 34.8 Å². The van der Waals surface area contributed by atoms with E-state index in [-0.39, 0.29) is 11.9 Å². The van der Waals surface area contributed by atoms with Crippen molar-refractivity contribution in [3.05, 3.63) is 76.9 Å². The second-order valence-corrected chi connectivity index (χ2v) is 7.59. The normalized spacial score (nSPS) is 18.1. The molecule has 0 unspecified atom stereocenters. The zero-order chi connectivity index (χ0) is 22.0. The summed E-state index contributed by atoms with van der Waals surface area (Å²) < 4.78 is 5.05. The predicted octanol–water partition coefficient (Wildman–Crippen LogP) is 4.24. The summed E-state index contributed by atoms with van der Waals surface area (Å²) in [6.45, 7) is 0. The van der Waals surface area contributed by atoms with Crippen molar-refractivity contribution in [2.24, 2.45) is 0 Å². The van der Waals surface area contributed by atoms with Gasteiger partial charge in [-0.1, -0.05) is 41.9 Å². The molecule has 1 amide bonds. The van der Waals surface area contributed by atoms with Gasteiger partial charge in [-0.25, -0.2) is 9.78 Å². The Kier molecular flexibility index (Phi) is 5.86. The maximum absolute atomic E-state index is 13.4. The molecule has 4 rings (SSSR count). The van der Waals surface area contributed by atoms with Gasteiger partial charge in [0.05, 0.1) is 18.8 Å². The van der Waals surface area contributed by atoms with Crippen LogP contribution in [0.25, 0.3) is 11.3 Å². The minimum Gasteiger partial charge on any atom is -0.480 e. The third-order valence-corrected chi connectivity index (χ3v) is 5.76. The van der Waals surface area contributed by atoms with Crippen molar-refractivity contribution in [3.63, 3.8) is 0 Å². The highest BCUT2D eigenvalue weighted by Crippen LogP contribution is 2.40. The van der Waals surface area contributed by atoms with Gasteiger partial charge in [-0.15, -0.1) is 0 Å². The number of methoxy groups -OCH3 is 1. The third kappa shape index (κ3) is 4.09. The first-order chi connectivity index (χ1) is 15.0. The van der Waals surface area contributed by atoms with Gasteiger partial charge in [0.1, 0.15) is 6.04 Å². The van der Waals surface area contributed by atoms with E-state index in [1.165, 1.54) is 12.0 Å². The average molecular weight is 438 g/mol. The number of hydrogen-bond acceptors (Lipinski definition) is 5. The molecule has 0 aliphatic carbocycles. The number of aromatic nitrogens is 2. The van der Waals surface area contributed by atoms with Gasteiger partial charge < -0.3 is 14.7 Å². The first-order valence-electron chi connectivity index (χ1n) is 9.77. The second-order valence-electron chi connectivity index (χ2n) is 7.19. The van der Waals surface area contributed by atoms with Crippen LogP contribution in [0, 0.1) is 0 Å². The number of amides is 1. The fourth-order valence-electron chi connectivity index (χ4n) is 3.92. The van der Waals surface area contributed by atoms with Crippen LogP contribution in [0.5, 0.6) is 6.01 Å². The second kappa shape index (κ2) is 8.73. The van der Waals surface area contributed by atoms with Crippen LogP contribution in [0.15, 0.2) is 60.8 Å². The maximum atomic E-state index is 13.4. The Labute approximate surface area is 184 Å². The Balaban J connectivity index is 1.65. The molecule has 0 bridgehead atoms. The van der Waals surface area contributed by atoms with Crippen LogP contribution in [0.3, 0.4) is 0 Å².